The van der Waals surface area contributed by atoms with Crippen LogP contribution in [-0.4, -0.2) is 26.3 Å². The third-order valence-corrected chi connectivity index (χ3v) is 4.88. The summed E-state index contributed by atoms with van der Waals surface area (Å²) < 4.78 is 0. The van der Waals surface area contributed by atoms with Crippen molar-refractivity contribution in [2.75, 3.05) is 5.32 Å². The van der Waals surface area contributed by atoms with Gasteiger partial charge < -0.3 is 10.4 Å². The number of aromatic carboxylic acids is 1. The summed E-state index contributed by atoms with van der Waals surface area (Å²) in [5.74, 6) is -0.700. The molecule has 0 radical (unpaired) electrons. The summed E-state index contributed by atoms with van der Waals surface area (Å²) in [6.07, 6.45) is 0. The molecule has 4 aromatic rings. The maximum Gasteiger partial charge on any atom is 0.335 e. The van der Waals surface area contributed by atoms with Crippen LogP contribution in [0, 0.1) is 13.8 Å². The van der Waals surface area contributed by atoms with Gasteiger partial charge in [-0.1, -0.05) is 29.3 Å². The lowest BCUT2D eigenvalue weighted by molar-refractivity contribution is 0.0697. The van der Waals surface area contributed by atoms with Gasteiger partial charge >= 0.3 is 5.97 Å². The van der Waals surface area contributed by atoms with Gasteiger partial charge in [-0.15, -0.1) is 10.2 Å². The average molecular weight is 405 g/mol. The minimum Gasteiger partial charge on any atom is -0.478 e. The summed E-state index contributed by atoms with van der Waals surface area (Å²) in [6, 6.07) is 16.3. The van der Waals surface area contributed by atoms with Crippen LogP contribution in [0.25, 0.3) is 22.2 Å². The van der Waals surface area contributed by atoms with Crippen LogP contribution in [0.2, 0.25) is 5.02 Å². The fourth-order valence-electron chi connectivity index (χ4n) is 3.14. The normalized spacial score (nSPS) is 10.9. The lowest BCUT2D eigenvalue weighted by atomic mass is 10.0. The molecule has 0 aliphatic carbocycles. The van der Waals surface area contributed by atoms with Crippen molar-refractivity contribution in [2.24, 2.45) is 0 Å². The number of aryl methyl sites for hydroxylation is 2. The molecule has 0 aliphatic heterocycles. The summed E-state index contributed by atoms with van der Waals surface area (Å²) in [5.41, 5.74) is 6.07. The number of carboxylic acids is 1. The zero-order valence-corrected chi connectivity index (χ0v) is 16.5. The molecule has 0 bridgehead atoms. The number of benzene rings is 3. The molecule has 0 aliphatic rings. The first-order chi connectivity index (χ1) is 13.9. The molecule has 0 fully saturated rings. The Morgan fingerprint density at radius 2 is 1.86 bits per heavy atom. The van der Waals surface area contributed by atoms with E-state index in [2.05, 4.69) is 20.5 Å². The van der Waals surface area contributed by atoms with Gasteiger partial charge in [0, 0.05) is 16.3 Å². The molecule has 0 amide bonds. The number of nitrogens with zero attached hydrogens (tertiary/aromatic N) is 3. The van der Waals surface area contributed by atoms with Crippen LogP contribution in [0.5, 0.6) is 0 Å². The van der Waals surface area contributed by atoms with E-state index in [1.165, 1.54) is 12.1 Å². The fourth-order valence-corrected chi connectivity index (χ4v) is 3.37. The topological polar surface area (TPSA) is 88.0 Å². The van der Waals surface area contributed by atoms with E-state index < -0.39 is 5.97 Å². The lowest BCUT2D eigenvalue weighted by Gasteiger charge is -2.10. The molecule has 144 valence electrons. The first-order valence-electron chi connectivity index (χ1n) is 8.93. The number of carboxylic acid groups (broad SMARTS) is 1. The SMILES string of the molecule is Cc1ccc(Cl)c(-c2cc(C)c3nc(Nc4cccc(C(=O)O)c4)nnc3c2)c1. The summed E-state index contributed by atoms with van der Waals surface area (Å²) in [7, 11) is 0. The first kappa shape index (κ1) is 18.8. The van der Waals surface area contributed by atoms with E-state index in [1.807, 2.05) is 44.2 Å². The molecule has 6 nitrogen and oxygen atoms in total. The number of hydrogen-bond acceptors (Lipinski definition) is 5. The minimum atomic E-state index is -0.996. The molecule has 0 saturated heterocycles. The monoisotopic (exact) mass is 404 g/mol. The smallest absolute Gasteiger partial charge is 0.335 e. The van der Waals surface area contributed by atoms with Gasteiger partial charge in [-0.05, 0) is 67.4 Å². The van der Waals surface area contributed by atoms with Crippen LogP contribution in [0.3, 0.4) is 0 Å². The number of halogens is 1. The largest absolute Gasteiger partial charge is 0.478 e. The standard InChI is InChI=1S/C22H17ClN4O2/c1-12-6-7-18(23)17(8-12)15-9-13(2)20-19(11-15)26-27-22(25-20)24-16-5-3-4-14(10-16)21(28)29/h3-11H,1-2H3,(H,28,29)(H,24,25,27). The van der Waals surface area contributed by atoms with Crippen LogP contribution in [0.1, 0.15) is 21.5 Å². The van der Waals surface area contributed by atoms with Gasteiger partial charge in [-0.25, -0.2) is 9.78 Å². The summed E-state index contributed by atoms with van der Waals surface area (Å²) in [5, 5.41) is 21.3. The Morgan fingerprint density at radius 1 is 1.03 bits per heavy atom. The second-order valence-corrected chi connectivity index (χ2v) is 7.20. The Balaban J connectivity index is 1.72. The Morgan fingerprint density at radius 3 is 2.66 bits per heavy atom. The van der Waals surface area contributed by atoms with Gasteiger partial charge in [-0.3, -0.25) is 0 Å². The highest BCUT2D eigenvalue weighted by molar-refractivity contribution is 6.33. The first-order valence-corrected chi connectivity index (χ1v) is 9.30. The van der Waals surface area contributed by atoms with Gasteiger partial charge in [0.2, 0.25) is 5.95 Å². The van der Waals surface area contributed by atoms with Crippen molar-refractivity contribution in [2.45, 2.75) is 13.8 Å². The number of anilines is 2. The van der Waals surface area contributed by atoms with Crippen LogP contribution >= 0.6 is 11.6 Å². The van der Waals surface area contributed by atoms with Crippen LogP contribution < -0.4 is 5.32 Å². The van der Waals surface area contributed by atoms with Crippen molar-refractivity contribution in [3.05, 3.63) is 76.3 Å². The maximum atomic E-state index is 11.1. The molecule has 7 heteroatoms. The minimum absolute atomic E-state index is 0.180. The number of carbonyl (C=O) groups is 1. The molecule has 3 aromatic carbocycles. The number of hydrogen-bond donors (Lipinski definition) is 2. The summed E-state index contributed by atoms with van der Waals surface area (Å²) >= 11 is 6.38. The molecule has 1 heterocycles. The maximum absolute atomic E-state index is 11.1. The molecule has 1 aromatic heterocycles. The molecule has 0 saturated carbocycles. The quantitative estimate of drug-likeness (QED) is 0.473. The molecule has 29 heavy (non-hydrogen) atoms. The van der Waals surface area contributed by atoms with Crippen LogP contribution in [-0.2, 0) is 0 Å². The van der Waals surface area contributed by atoms with E-state index in [1.54, 1.807) is 12.1 Å². The molecule has 0 unspecified atom stereocenters. The number of aromatic nitrogens is 3. The van der Waals surface area contributed by atoms with Crippen LogP contribution in [0.15, 0.2) is 54.6 Å². The number of fused-ring (bicyclic) bond motifs is 1. The van der Waals surface area contributed by atoms with Crippen molar-refractivity contribution in [1.29, 1.82) is 0 Å². The van der Waals surface area contributed by atoms with Gasteiger partial charge in [-0.2, -0.15) is 0 Å². The van der Waals surface area contributed by atoms with E-state index in [0.717, 1.165) is 22.3 Å². The third kappa shape index (κ3) is 3.88. The third-order valence-electron chi connectivity index (χ3n) is 4.55. The van der Waals surface area contributed by atoms with Crippen molar-refractivity contribution < 1.29 is 9.90 Å². The highest BCUT2D eigenvalue weighted by Crippen LogP contribution is 2.32. The second-order valence-electron chi connectivity index (χ2n) is 6.79. The van der Waals surface area contributed by atoms with E-state index >= 15 is 0 Å². The molecule has 4 rings (SSSR count). The zero-order valence-electron chi connectivity index (χ0n) is 15.8. The molecular weight excluding hydrogens is 388 g/mol. The highest BCUT2D eigenvalue weighted by atomic mass is 35.5. The van der Waals surface area contributed by atoms with Gasteiger partial charge in [0.25, 0.3) is 0 Å². The van der Waals surface area contributed by atoms with E-state index in [-0.39, 0.29) is 5.56 Å². The predicted molar refractivity (Wildman–Crippen MR) is 114 cm³/mol. The lowest BCUT2D eigenvalue weighted by Crippen LogP contribution is -2.02. The van der Waals surface area contributed by atoms with E-state index in [4.69, 9.17) is 16.7 Å². The fraction of sp³-hybridized carbons (Fsp3) is 0.0909. The summed E-state index contributed by atoms with van der Waals surface area (Å²) in [6.45, 7) is 3.98. The Labute approximate surface area is 172 Å². The van der Waals surface area contributed by atoms with Gasteiger partial charge in [0.15, 0.2) is 0 Å². The van der Waals surface area contributed by atoms with Crippen molar-refractivity contribution >= 4 is 40.2 Å². The summed E-state index contributed by atoms with van der Waals surface area (Å²) in [4.78, 5) is 15.7. The Bertz CT molecular complexity index is 1260. The van der Waals surface area contributed by atoms with E-state index in [9.17, 15) is 4.79 Å². The van der Waals surface area contributed by atoms with Crippen LogP contribution in [0.4, 0.5) is 11.6 Å². The molecule has 0 atom stereocenters. The predicted octanol–water partition coefficient (Wildman–Crippen LogP) is 5.40. The zero-order chi connectivity index (χ0) is 20.5. The molecular formula is C22H17ClN4O2. The van der Waals surface area contributed by atoms with E-state index in [0.29, 0.717) is 27.7 Å². The Hall–Kier alpha value is -3.51. The molecule has 0 spiro atoms. The second kappa shape index (κ2) is 7.48. The van der Waals surface area contributed by atoms with Gasteiger partial charge in [0.05, 0.1) is 11.1 Å². The van der Waals surface area contributed by atoms with Crippen molar-refractivity contribution in [3.63, 3.8) is 0 Å². The van der Waals surface area contributed by atoms with Gasteiger partial charge in [0.1, 0.15) is 5.52 Å². The van der Waals surface area contributed by atoms with Crippen molar-refractivity contribution in [1.82, 2.24) is 15.2 Å². The number of nitrogens with one attached hydrogen (secondary N) is 1. The highest BCUT2D eigenvalue weighted by Gasteiger charge is 2.11. The number of rotatable bonds is 4. The molecule has 2 N–H and O–H groups in total. The Kier molecular flexibility index (Phi) is 4.86. The van der Waals surface area contributed by atoms with Crippen molar-refractivity contribution in [3.8, 4) is 11.1 Å². The average Bonchev–Trinajstić information content (AvgIpc) is 2.70.